The van der Waals surface area contributed by atoms with E-state index in [1.165, 1.54) is 11.9 Å². The standard InChI is InChI=1S/C21H31BrN4O7/c1-12(27)23-13-7-8-17(29)25-9-5-6-15(26(25)20(13)32)19(31)24-14(16(28)11-22)10-18(30)33-21(2,3)4/h13-15H,5-11H2,1-4H3,(H,23,27)(H,24,31)/t13-,14-,15-/m0/s1. The Labute approximate surface area is 201 Å². The fourth-order valence-electron chi connectivity index (χ4n) is 3.81. The topological polar surface area (TPSA) is 142 Å². The zero-order chi connectivity index (χ0) is 24.9. The molecule has 0 aliphatic carbocycles. The molecule has 0 spiro atoms. The Morgan fingerprint density at radius 2 is 1.85 bits per heavy atom. The summed E-state index contributed by atoms with van der Waals surface area (Å²) in [6, 6.07) is -3.16. The Kier molecular flexibility index (Phi) is 8.98. The van der Waals surface area contributed by atoms with Crippen LogP contribution in [-0.4, -0.2) is 81.0 Å². The first-order valence-corrected chi connectivity index (χ1v) is 12.0. The maximum absolute atomic E-state index is 13.2. The van der Waals surface area contributed by atoms with Gasteiger partial charge in [0, 0.05) is 19.9 Å². The Hall–Kier alpha value is -2.50. The first kappa shape index (κ1) is 26.7. The molecule has 0 aromatic rings. The molecule has 0 saturated carbocycles. The molecule has 0 radical (unpaired) electrons. The number of rotatable bonds is 7. The van der Waals surface area contributed by atoms with Crippen molar-refractivity contribution in [2.45, 2.75) is 83.5 Å². The zero-order valence-electron chi connectivity index (χ0n) is 19.3. The third-order valence-corrected chi connectivity index (χ3v) is 5.72. The van der Waals surface area contributed by atoms with Crippen LogP contribution in [0.1, 0.15) is 59.8 Å². The van der Waals surface area contributed by atoms with Crippen molar-refractivity contribution in [1.29, 1.82) is 0 Å². The van der Waals surface area contributed by atoms with Gasteiger partial charge in [0.05, 0.1) is 17.8 Å². The number of carbonyl (C=O) groups is 6. The van der Waals surface area contributed by atoms with Crippen molar-refractivity contribution < 1.29 is 33.5 Å². The van der Waals surface area contributed by atoms with Crippen LogP contribution in [-0.2, 0) is 33.5 Å². The molecule has 2 aliphatic rings. The van der Waals surface area contributed by atoms with Gasteiger partial charge in [-0.05, 0) is 40.0 Å². The Morgan fingerprint density at radius 3 is 2.42 bits per heavy atom. The summed E-state index contributed by atoms with van der Waals surface area (Å²) >= 11 is 3.06. The van der Waals surface area contributed by atoms with Gasteiger partial charge in [0.25, 0.3) is 5.91 Å². The third-order valence-electron chi connectivity index (χ3n) is 5.17. The van der Waals surface area contributed by atoms with E-state index in [1.54, 1.807) is 20.8 Å². The predicted octanol–water partition coefficient (Wildman–Crippen LogP) is 0.200. The first-order valence-electron chi connectivity index (χ1n) is 10.9. The van der Waals surface area contributed by atoms with Crippen molar-refractivity contribution in [2.24, 2.45) is 0 Å². The van der Waals surface area contributed by atoms with Gasteiger partial charge in [0.2, 0.25) is 17.7 Å². The van der Waals surface area contributed by atoms with Crippen molar-refractivity contribution in [1.82, 2.24) is 20.7 Å². The lowest BCUT2D eigenvalue weighted by Gasteiger charge is -2.43. The van der Waals surface area contributed by atoms with Gasteiger partial charge in [-0.1, -0.05) is 15.9 Å². The fourth-order valence-corrected chi connectivity index (χ4v) is 4.20. The van der Waals surface area contributed by atoms with Crippen LogP contribution in [0.5, 0.6) is 0 Å². The van der Waals surface area contributed by atoms with E-state index in [1.807, 2.05) is 0 Å². The number of Topliss-reactive ketones (excluding diaryl/α,β-unsaturated/α-hetero) is 1. The van der Waals surface area contributed by atoms with Crippen LogP contribution < -0.4 is 10.6 Å². The van der Waals surface area contributed by atoms with Crippen LogP contribution in [0.4, 0.5) is 0 Å². The van der Waals surface area contributed by atoms with Crippen LogP contribution in [0.3, 0.4) is 0 Å². The van der Waals surface area contributed by atoms with E-state index in [4.69, 9.17) is 4.74 Å². The largest absolute Gasteiger partial charge is 0.460 e. The summed E-state index contributed by atoms with van der Waals surface area (Å²) in [5, 5.41) is 7.34. The van der Waals surface area contributed by atoms with Crippen LogP contribution in [0.15, 0.2) is 0 Å². The van der Waals surface area contributed by atoms with E-state index in [0.717, 1.165) is 5.01 Å². The van der Waals surface area contributed by atoms with Gasteiger partial charge < -0.3 is 15.4 Å². The molecule has 0 unspecified atom stereocenters. The van der Waals surface area contributed by atoms with E-state index in [0.29, 0.717) is 6.42 Å². The number of ether oxygens (including phenoxy) is 1. The van der Waals surface area contributed by atoms with Gasteiger partial charge >= 0.3 is 5.97 Å². The molecule has 2 N–H and O–H groups in total. The summed E-state index contributed by atoms with van der Waals surface area (Å²) in [7, 11) is 0. The maximum Gasteiger partial charge on any atom is 0.308 e. The second-order valence-electron chi connectivity index (χ2n) is 9.10. The molecule has 2 heterocycles. The highest BCUT2D eigenvalue weighted by atomic mass is 79.9. The van der Waals surface area contributed by atoms with E-state index < -0.39 is 53.2 Å². The number of amides is 4. The van der Waals surface area contributed by atoms with Crippen LogP contribution in [0.2, 0.25) is 0 Å². The summed E-state index contributed by atoms with van der Waals surface area (Å²) in [6.45, 7) is 6.60. The fraction of sp³-hybridized carbons (Fsp3) is 0.714. The van der Waals surface area contributed by atoms with Crippen LogP contribution in [0.25, 0.3) is 0 Å². The highest BCUT2D eigenvalue weighted by molar-refractivity contribution is 9.09. The minimum absolute atomic E-state index is 0.0465. The van der Waals surface area contributed by atoms with E-state index in [-0.39, 0.29) is 43.5 Å². The summed E-state index contributed by atoms with van der Waals surface area (Å²) in [5.41, 5.74) is -0.759. The molecular weight excluding hydrogens is 500 g/mol. The average molecular weight is 531 g/mol. The van der Waals surface area contributed by atoms with E-state index in [9.17, 15) is 28.8 Å². The lowest BCUT2D eigenvalue weighted by Crippen LogP contribution is -2.64. The lowest BCUT2D eigenvalue weighted by atomic mass is 10.0. The summed E-state index contributed by atoms with van der Waals surface area (Å²) in [5.74, 6) is -3.06. The molecule has 2 fully saturated rings. The second-order valence-corrected chi connectivity index (χ2v) is 9.66. The molecule has 2 saturated heterocycles. The highest BCUT2D eigenvalue weighted by Gasteiger charge is 2.45. The van der Waals surface area contributed by atoms with Crippen LogP contribution in [0, 0.1) is 0 Å². The molecule has 0 aromatic carbocycles. The van der Waals surface area contributed by atoms with Gasteiger partial charge in [0.15, 0.2) is 5.78 Å². The summed E-state index contributed by atoms with van der Waals surface area (Å²) in [6.07, 6.45) is 0.537. The normalized spacial score (nSPS) is 22.1. The first-order chi connectivity index (χ1) is 15.3. The van der Waals surface area contributed by atoms with Gasteiger partial charge in [-0.2, -0.15) is 0 Å². The van der Waals surface area contributed by atoms with E-state index in [2.05, 4.69) is 26.6 Å². The molecule has 3 atom stereocenters. The van der Waals surface area contributed by atoms with Crippen molar-refractivity contribution in [3.05, 3.63) is 0 Å². The number of nitrogens with zero attached hydrogens (tertiary/aromatic N) is 2. The molecule has 4 amide bonds. The summed E-state index contributed by atoms with van der Waals surface area (Å²) < 4.78 is 5.26. The molecule has 33 heavy (non-hydrogen) atoms. The monoisotopic (exact) mass is 530 g/mol. The molecule has 184 valence electrons. The maximum atomic E-state index is 13.2. The van der Waals surface area contributed by atoms with Crippen molar-refractivity contribution in [2.75, 3.05) is 11.9 Å². The van der Waals surface area contributed by atoms with Gasteiger partial charge in [0.1, 0.15) is 17.7 Å². The number of nitrogens with one attached hydrogen (secondary N) is 2. The Balaban J connectivity index is 2.24. The summed E-state index contributed by atoms with van der Waals surface area (Å²) in [4.78, 5) is 75.2. The molecule has 11 nitrogen and oxygen atoms in total. The number of esters is 1. The number of hydrazine groups is 1. The highest BCUT2D eigenvalue weighted by Crippen LogP contribution is 2.25. The SMILES string of the molecule is CC(=O)N[C@H]1CCC(=O)N2CCC[C@@H](C(=O)N[C@@H](CC(=O)OC(C)(C)C)C(=O)CBr)N2C1=O. The van der Waals surface area contributed by atoms with Gasteiger partial charge in [-0.15, -0.1) is 0 Å². The Bertz CT molecular complexity index is 826. The van der Waals surface area contributed by atoms with Crippen molar-refractivity contribution in [3.8, 4) is 0 Å². The number of hydrogen-bond donors (Lipinski definition) is 2. The third kappa shape index (κ3) is 7.24. The minimum Gasteiger partial charge on any atom is -0.460 e. The van der Waals surface area contributed by atoms with E-state index >= 15 is 0 Å². The molecule has 2 rings (SSSR count). The lowest BCUT2D eigenvalue weighted by molar-refractivity contribution is -0.176. The van der Waals surface area contributed by atoms with Crippen molar-refractivity contribution in [3.63, 3.8) is 0 Å². The molecule has 0 aromatic heterocycles. The predicted molar refractivity (Wildman–Crippen MR) is 120 cm³/mol. The smallest absolute Gasteiger partial charge is 0.308 e. The second kappa shape index (κ2) is 11.1. The number of carbonyl (C=O) groups excluding carboxylic acids is 6. The number of fused-ring (bicyclic) bond motifs is 1. The quantitative estimate of drug-likeness (QED) is 0.353. The molecule has 12 heteroatoms. The number of ketones is 1. The number of alkyl halides is 1. The molecular formula is C21H31BrN4O7. The Morgan fingerprint density at radius 1 is 1.18 bits per heavy atom. The van der Waals surface area contributed by atoms with Crippen molar-refractivity contribution >= 4 is 51.3 Å². The molecule has 0 bridgehead atoms. The molecule has 2 aliphatic heterocycles. The zero-order valence-corrected chi connectivity index (χ0v) is 20.9. The number of halogens is 1. The number of hydrogen-bond acceptors (Lipinski definition) is 7. The minimum atomic E-state index is -1.16. The van der Waals surface area contributed by atoms with Gasteiger partial charge in [-0.3, -0.25) is 33.8 Å². The van der Waals surface area contributed by atoms with Crippen LogP contribution >= 0.6 is 15.9 Å². The average Bonchev–Trinajstić information content (AvgIpc) is 2.83. The van der Waals surface area contributed by atoms with Gasteiger partial charge in [-0.25, -0.2) is 5.01 Å².